The number of anilines is 1. The van der Waals surface area contributed by atoms with Gasteiger partial charge in [-0.05, 0) is 53.1 Å². The summed E-state index contributed by atoms with van der Waals surface area (Å²) < 4.78 is 31.0. The Morgan fingerprint density at radius 1 is 0.857 bits per heavy atom. The van der Waals surface area contributed by atoms with Gasteiger partial charge in [0.05, 0.1) is 12.2 Å². The van der Waals surface area contributed by atoms with Crippen LogP contribution in [-0.2, 0) is 26.2 Å². The molecule has 7 nitrogen and oxygen atoms in total. The van der Waals surface area contributed by atoms with Crippen molar-refractivity contribution in [2.75, 3.05) is 12.1 Å². The molecule has 212 valence electrons. The van der Waals surface area contributed by atoms with E-state index in [0.717, 1.165) is 38.9 Å². The second-order valence-corrected chi connectivity index (χ2v) is 10.8. The average Bonchev–Trinajstić information content (AvgIpc) is 3.68. The summed E-state index contributed by atoms with van der Waals surface area (Å²) in [4.78, 5) is 19.6. The number of aromatic nitrogens is 1. The SMILES string of the molecule is O=C(Nc1ccccc1F)c1csc(CN(Cc2ccc(OCc3ccccc3)cc2)Cc2ccc3c(c2)OCO3)n1. The van der Waals surface area contributed by atoms with Gasteiger partial charge in [0.15, 0.2) is 11.5 Å². The number of ether oxygens (including phenoxy) is 3. The molecule has 1 aliphatic heterocycles. The fourth-order valence-electron chi connectivity index (χ4n) is 4.58. The van der Waals surface area contributed by atoms with E-state index >= 15 is 0 Å². The van der Waals surface area contributed by atoms with E-state index in [-0.39, 0.29) is 18.2 Å². The molecule has 5 aromatic rings. The lowest BCUT2D eigenvalue weighted by molar-refractivity contribution is 0.102. The summed E-state index contributed by atoms with van der Waals surface area (Å²) in [7, 11) is 0. The van der Waals surface area contributed by atoms with Gasteiger partial charge in [-0.3, -0.25) is 9.69 Å². The standard InChI is InChI=1S/C33H28FN3O4S/c34-27-8-4-5-9-28(27)36-33(38)29-21-42-32(35-29)19-37(18-25-12-15-30-31(16-25)41-22-40-30)17-23-10-13-26(14-11-23)39-20-24-6-2-1-3-7-24/h1-16,21H,17-20,22H2,(H,36,38). The van der Waals surface area contributed by atoms with E-state index in [4.69, 9.17) is 14.2 Å². The Labute approximate surface area is 247 Å². The molecular formula is C33H28FN3O4S. The average molecular weight is 582 g/mol. The molecule has 6 rings (SSSR count). The Morgan fingerprint density at radius 2 is 1.60 bits per heavy atom. The molecule has 0 radical (unpaired) electrons. The Hall–Kier alpha value is -4.73. The maximum Gasteiger partial charge on any atom is 0.275 e. The maximum absolute atomic E-state index is 14.0. The molecule has 0 unspecified atom stereocenters. The van der Waals surface area contributed by atoms with E-state index in [1.807, 2.05) is 60.7 Å². The fraction of sp³-hybridized carbons (Fsp3) is 0.152. The number of halogens is 1. The zero-order valence-corrected chi connectivity index (χ0v) is 23.5. The highest BCUT2D eigenvalue weighted by Gasteiger charge is 2.18. The van der Waals surface area contributed by atoms with E-state index in [9.17, 15) is 9.18 Å². The number of carbonyl (C=O) groups excluding carboxylic acids is 1. The summed E-state index contributed by atoms with van der Waals surface area (Å²) >= 11 is 1.40. The number of carbonyl (C=O) groups is 1. The second kappa shape index (κ2) is 12.8. The Balaban J connectivity index is 1.15. The largest absolute Gasteiger partial charge is 0.489 e. The van der Waals surface area contributed by atoms with E-state index in [1.54, 1.807) is 17.5 Å². The predicted molar refractivity (Wildman–Crippen MR) is 159 cm³/mol. The number of amides is 1. The van der Waals surface area contributed by atoms with Gasteiger partial charge < -0.3 is 19.5 Å². The van der Waals surface area contributed by atoms with Gasteiger partial charge in [0, 0.05) is 18.5 Å². The maximum atomic E-state index is 14.0. The van der Waals surface area contributed by atoms with Crippen molar-refractivity contribution in [3.05, 3.63) is 136 Å². The number of para-hydroxylation sites is 1. The predicted octanol–water partition coefficient (Wildman–Crippen LogP) is 7.04. The van der Waals surface area contributed by atoms with Crippen molar-refractivity contribution < 1.29 is 23.4 Å². The van der Waals surface area contributed by atoms with Crippen LogP contribution < -0.4 is 19.5 Å². The first-order valence-electron chi connectivity index (χ1n) is 13.5. The van der Waals surface area contributed by atoms with Gasteiger partial charge in [-0.15, -0.1) is 11.3 Å². The third kappa shape index (κ3) is 6.94. The molecule has 1 aliphatic rings. The smallest absolute Gasteiger partial charge is 0.275 e. The van der Waals surface area contributed by atoms with Crippen molar-refractivity contribution in [1.29, 1.82) is 0 Å². The number of nitrogens with zero attached hydrogens (tertiary/aromatic N) is 2. The lowest BCUT2D eigenvalue weighted by atomic mass is 10.1. The number of hydrogen-bond acceptors (Lipinski definition) is 7. The molecule has 2 heterocycles. The van der Waals surface area contributed by atoms with Gasteiger partial charge in [0.1, 0.15) is 28.9 Å². The van der Waals surface area contributed by atoms with Gasteiger partial charge >= 0.3 is 0 Å². The number of fused-ring (bicyclic) bond motifs is 1. The van der Waals surface area contributed by atoms with Gasteiger partial charge in [-0.25, -0.2) is 9.37 Å². The van der Waals surface area contributed by atoms with Crippen LogP contribution in [-0.4, -0.2) is 22.6 Å². The molecule has 0 aliphatic carbocycles. The number of nitrogens with one attached hydrogen (secondary N) is 1. The molecule has 0 saturated carbocycles. The van der Waals surface area contributed by atoms with Gasteiger partial charge in [0.25, 0.3) is 5.91 Å². The number of hydrogen-bond donors (Lipinski definition) is 1. The van der Waals surface area contributed by atoms with Crippen molar-refractivity contribution in [2.24, 2.45) is 0 Å². The van der Waals surface area contributed by atoms with Crippen LogP contribution in [0.25, 0.3) is 0 Å². The molecule has 9 heteroatoms. The van der Waals surface area contributed by atoms with E-state index in [2.05, 4.69) is 27.3 Å². The Morgan fingerprint density at radius 3 is 2.43 bits per heavy atom. The summed E-state index contributed by atoms with van der Waals surface area (Å²) in [6.45, 7) is 2.51. The van der Waals surface area contributed by atoms with Crippen LogP contribution >= 0.6 is 11.3 Å². The van der Waals surface area contributed by atoms with Crippen LogP contribution in [0.15, 0.2) is 102 Å². The highest BCUT2D eigenvalue weighted by Crippen LogP contribution is 2.33. The Bertz CT molecular complexity index is 1660. The molecule has 42 heavy (non-hydrogen) atoms. The normalized spacial score (nSPS) is 12.0. The second-order valence-electron chi connectivity index (χ2n) is 9.81. The van der Waals surface area contributed by atoms with Crippen molar-refractivity contribution >= 4 is 22.9 Å². The minimum absolute atomic E-state index is 0.123. The van der Waals surface area contributed by atoms with E-state index in [1.165, 1.54) is 23.5 Å². The topological polar surface area (TPSA) is 72.9 Å². The van der Waals surface area contributed by atoms with Gasteiger partial charge in [0.2, 0.25) is 6.79 Å². The fourth-order valence-corrected chi connectivity index (χ4v) is 5.40. The van der Waals surface area contributed by atoms with Crippen LogP contribution in [0.3, 0.4) is 0 Å². The summed E-state index contributed by atoms with van der Waals surface area (Å²) in [5.41, 5.74) is 3.66. The van der Waals surface area contributed by atoms with Crippen molar-refractivity contribution in [1.82, 2.24) is 9.88 Å². The third-order valence-corrected chi connectivity index (χ3v) is 7.52. The van der Waals surface area contributed by atoms with Gasteiger partial charge in [-0.1, -0.05) is 60.7 Å². The lowest BCUT2D eigenvalue weighted by Gasteiger charge is -2.22. The zero-order chi connectivity index (χ0) is 28.7. The summed E-state index contributed by atoms with van der Waals surface area (Å²) in [5.74, 6) is 1.33. The molecule has 0 bridgehead atoms. The molecule has 0 spiro atoms. The first kappa shape index (κ1) is 27.4. The van der Waals surface area contributed by atoms with Crippen molar-refractivity contribution in [2.45, 2.75) is 26.2 Å². The molecule has 1 N–H and O–H groups in total. The number of benzene rings is 4. The minimum Gasteiger partial charge on any atom is -0.489 e. The molecule has 0 atom stereocenters. The summed E-state index contributed by atoms with van der Waals surface area (Å²) in [6, 6.07) is 30.1. The quantitative estimate of drug-likeness (QED) is 0.180. The number of rotatable bonds is 11. The van der Waals surface area contributed by atoms with Crippen LogP contribution in [0.1, 0.15) is 32.2 Å². The van der Waals surface area contributed by atoms with Gasteiger partial charge in [-0.2, -0.15) is 0 Å². The first-order valence-corrected chi connectivity index (χ1v) is 14.3. The molecule has 0 saturated heterocycles. The molecule has 1 aromatic heterocycles. The lowest BCUT2D eigenvalue weighted by Crippen LogP contribution is -2.22. The first-order chi connectivity index (χ1) is 20.6. The van der Waals surface area contributed by atoms with Crippen molar-refractivity contribution in [3.8, 4) is 17.2 Å². The Kier molecular flexibility index (Phi) is 8.39. The molecule has 4 aromatic carbocycles. The van der Waals surface area contributed by atoms with Crippen LogP contribution in [0, 0.1) is 5.82 Å². The van der Waals surface area contributed by atoms with E-state index in [0.29, 0.717) is 26.2 Å². The summed E-state index contributed by atoms with van der Waals surface area (Å²) in [6.07, 6.45) is 0. The molecule has 0 fully saturated rings. The molecule has 1 amide bonds. The highest BCUT2D eigenvalue weighted by molar-refractivity contribution is 7.09. The summed E-state index contributed by atoms with van der Waals surface area (Å²) in [5, 5.41) is 5.07. The van der Waals surface area contributed by atoms with Crippen molar-refractivity contribution in [3.63, 3.8) is 0 Å². The van der Waals surface area contributed by atoms with Crippen LogP contribution in [0.5, 0.6) is 17.2 Å². The van der Waals surface area contributed by atoms with E-state index < -0.39 is 11.7 Å². The zero-order valence-electron chi connectivity index (χ0n) is 22.7. The minimum atomic E-state index is -0.493. The number of thiazole rings is 1. The van der Waals surface area contributed by atoms with Crippen LogP contribution in [0.4, 0.5) is 10.1 Å². The highest BCUT2D eigenvalue weighted by atomic mass is 32.1. The third-order valence-electron chi connectivity index (χ3n) is 6.69. The van der Waals surface area contributed by atoms with Crippen LogP contribution in [0.2, 0.25) is 0 Å². The molecular weight excluding hydrogens is 553 g/mol. The monoisotopic (exact) mass is 581 g/mol.